The minimum absolute atomic E-state index is 0.109. The number of nitrogens with zero attached hydrogens (tertiary/aromatic N) is 2. The number of fused-ring (bicyclic) bond motifs is 1. The van der Waals surface area contributed by atoms with Crippen LogP contribution < -0.4 is 14.8 Å². The number of amides is 1. The van der Waals surface area contributed by atoms with Crippen LogP contribution in [0.5, 0.6) is 11.5 Å². The van der Waals surface area contributed by atoms with E-state index in [9.17, 15) is 4.79 Å². The number of ether oxygens (including phenoxy) is 2. The second-order valence-electron chi connectivity index (χ2n) is 5.99. The summed E-state index contributed by atoms with van der Waals surface area (Å²) in [7, 11) is 0. The molecule has 1 N–H and O–H groups in total. The highest BCUT2D eigenvalue weighted by Gasteiger charge is 2.27. The quantitative estimate of drug-likeness (QED) is 0.901. The summed E-state index contributed by atoms with van der Waals surface area (Å²) in [6.45, 7) is 5.22. The molecule has 1 fully saturated rings. The molecule has 2 aliphatic heterocycles. The Balaban J connectivity index is 1.64. The minimum atomic E-state index is -0.109. The maximum atomic E-state index is 12.8. The van der Waals surface area contributed by atoms with Gasteiger partial charge in [0.1, 0.15) is 13.2 Å². The molecule has 1 amide bonds. The average Bonchev–Trinajstić information content (AvgIpc) is 3.10. The zero-order chi connectivity index (χ0) is 16.5. The summed E-state index contributed by atoms with van der Waals surface area (Å²) in [5.41, 5.74) is 1.09. The van der Waals surface area contributed by atoms with Crippen molar-refractivity contribution in [1.82, 2.24) is 15.2 Å². The van der Waals surface area contributed by atoms with Crippen LogP contribution in [0, 0.1) is 0 Å². The van der Waals surface area contributed by atoms with E-state index in [1.54, 1.807) is 4.90 Å². The molecule has 2 aliphatic rings. The van der Waals surface area contributed by atoms with Crippen LogP contribution >= 0.6 is 0 Å². The third-order valence-electron chi connectivity index (χ3n) is 4.23. The van der Waals surface area contributed by atoms with Gasteiger partial charge in [0, 0.05) is 31.2 Å². The number of benzene rings is 1. The van der Waals surface area contributed by atoms with Gasteiger partial charge in [0.05, 0.1) is 0 Å². The van der Waals surface area contributed by atoms with Gasteiger partial charge >= 0.3 is 0 Å². The van der Waals surface area contributed by atoms with Crippen LogP contribution in [0.15, 0.2) is 29.0 Å². The summed E-state index contributed by atoms with van der Waals surface area (Å²) in [6, 6.07) is 5.78. The van der Waals surface area contributed by atoms with Gasteiger partial charge in [-0.2, -0.15) is 0 Å². The first-order valence-electron chi connectivity index (χ1n) is 8.08. The van der Waals surface area contributed by atoms with Crippen LogP contribution in [-0.4, -0.2) is 54.7 Å². The highest BCUT2D eigenvalue weighted by atomic mass is 16.6. The summed E-state index contributed by atoms with van der Waals surface area (Å²) < 4.78 is 16.6. The van der Waals surface area contributed by atoms with E-state index in [1.165, 1.54) is 6.39 Å². The first-order valence-corrected chi connectivity index (χ1v) is 8.08. The maximum Gasteiger partial charge on any atom is 0.276 e. The number of carbonyl (C=O) groups is 1. The Bertz CT molecular complexity index is 758. The molecule has 126 valence electrons. The van der Waals surface area contributed by atoms with Crippen molar-refractivity contribution in [2.45, 2.75) is 13.0 Å². The lowest BCUT2D eigenvalue weighted by Gasteiger charge is -2.31. The molecule has 24 heavy (non-hydrogen) atoms. The van der Waals surface area contributed by atoms with Crippen LogP contribution in [0.25, 0.3) is 11.3 Å². The van der Waals surface area contributed by atoms with Crippen LogP contribution in [0.1, 0.15) is 17.4 Å². The second kappa shape index (κ2) is 6.16. The van der Waals surface area contributed by atoms with Gasteiger partial charge < -0.3 is 24.1 Å². The van der Waals surface area contributed by atoms with Gasteiger partial charge in [-0.15, -0.1) is 0 Å². The molecule has 0 radical (unpaired) electrons. The molecule has 1 aromatic carbocycles. The number of rotatable bonds is 2. The Hall–Kier alpha value is -2.54. The molecule has 0 unspecified atom stereocenters. The zero-order valence-corrected chi connectivity index (χ0v) is 13.4. The van der Waals surface area contributed by atoms with E-state index in [2.05, 4.69) is 17.2 Å². The van der Waals surface area contributed by atoms with Crippen LogP contribution in [-0.2, 0) is 0 Å². The maximum absolute atomic E-state index is 12.8. The van der Waals surface area contributed by atoms with E-state index in [-0.39, 0.29) is 11.9 Å². The fraction of sp³-hybridized carbons (Fsp3) is 0.412. The monoisotopic (exact) mass is 329 g/mol. The Labute approximate surface area is 139 Å². The molecule has 7 heteroatoms. The van der Waals surface area contributed by atoms with E-state index in [0.717, 1.165) is 12.1 Å². The molecular weight excluding hydrogens is 310 g/mol. The highest BCUT2D eigenvalue weighted by Crippen LogP contribution is 2.35. The normalized spacial score (nSPS) is 20.0. The van der Waals surface area contributed by atoms with Crippen molar-refractivity contribution in [2.24, 2.45) is 0 Å². The predicted octanol–water partition coefficient (Wildman–Crippen LogP) is 1.55. The average molecular weight is 329 g/mol. The van der Waals surface area contributed by atoms with Crippen molar-refractivity contribution in [1.29, 1.82) is 0 Å². The van der Waals surface area contributed by atoms with Gasteiger partial charge in [-0.3, -0.25) is 4.79 Å². The predicted molar refractivity (Wildman–Crippen MR) is 86.3 cm³/mol. The van der Waals surface area contributed by atoms with Gasteiger partial charge in [0.2, 0.25) is 0 Å². The lowest BCUT2D eigenvalue weighted by molar-refractivity contribution is 0.0704. The van der Waals surface area contributed by atoms with E-state index < -0.39 is 0 Å². The topological polar surface area (TPSA) is 76.8 Å². The standard InChI is InChI=1S/C17H19N3O4/c1-11-9-20(5-4-18-11)17(21)15-16(24-10-19-15)12-2-3-13-14(8-12)23-7-6-22-13/h2-3,8,10-11,18H,4-7,9H2,1H3/t11-/m1/s1. The molecule has 1 aromatic heterocycles. The Morgan fingerprint density at radius 2 is 2.12 bits per heavy atom. The summed E-state index contributed by atoms with van der Waals surface area (Å²) in [6.07, 6.45) is 1.31. The van der Waals surface area contributed by atoms with E-state index >= 15 is 0 Å². The van der Waals surface area contributed by atoms with Crippen molar-refractivity contribution in [3.05, 3.63) is 30.3 Å². The van der Waals surface area contributed by atoms with Crippen molar-refractivity contribution in [3.8, 4) is 22.8 Å². The van der Waals surface area contributed by atoms with Gasteiger partial charge in [0.15, 0.2) is 29.3 Å². The Morgan fingerprint density at radius 3 is 2.96 bits per heavy atom. The summed E-state index contributed by atoms with van der Waals surface area (Å²) in [5, 5.41) is 3.32. The second-order valence-corrected chi connectivity index (χ2v) is 5.99. The zero-order valence-electron chi connectivity index (χ0n) is 13.4. The third-order valence-corrected chi connectivity index (χ3v) is 4.23. The van der Waals surface area contributed by atoms with E-state index in [1.807, 2.05) is 18.2 Å². The molecule has 2 aromatic rings. The lowest BCUT2D eigenvalue weighted by Crippen LogP contribution is -2.51. The van der Waals surface area contributed by atoms with E-state index in [4.69, 9.17) is 13.9 Å². The summed E-state index contributed by atoms with van der Waals surface area (Å²) in [4.78, 5) is 18.8. The Morgan fingerprint density at radius 1 is 1.29 bits per heavy atom. The molecule has 1 atom stereocenters. The number of nitrogens with one attached hydrogen (secondary N) is 1. The number of hydrogen-bond donors (Lipinski definition) is 1. The van der Waals surface area contributed by atoms with Crippen molar-refractivity contribution in [2.75, 3.05) is 32.8 Å². The van der Waals surface area contributed by atoms with Crippen LogP contribution in [0.3, 0.4) is 0 Å². The molecule has 0 aliphatic carbocycles. The van der Waals surface area contributed by atoms with Crippen LogP contribution in [0.2, 0.25) is 0 Å². The molecule has 0 bridgehead atoms. The Kier molecular flexibility index (Phi) is 3.86. The molecular formula is C17H19N3O4. The number of oxazole rings is 1. The number of piperazine rings is 1. The van der Waals surface area contributed by atoms with Gasteiger partial charge in [-0.1, -0.05) is 0 Å². The summed E-state index contributed by atoms with van der Waals surface area (Å²) in [5.74, 6) is 1.71. The van der Waals surface area contributed by atoms with Crippen molar-refractivity contribution >= 4 is 5.91 Å². The summed E-state index contributed by atoms with van der Waals surface area (Å²) >= 11 is 0. The van der Waals surface area contributed by atoms with Crippen LogP contribution in [0.4, 0.5) is 0 Å². The molecule has 3 heterocycles. The van der Waals surface area contributed by atoms with Gasteiger partial charge in [-0.05, 0) is 25.1 Å². The smallest absolute Gasteiger partial charge is 0.276 e. The number of carbonyl (C=O) groups excluding carboxylic acids is 1. The molecule has 4 rings (SSSR count). The highest BCUT2D eigenvalue weighted by molar-refractivity contribution is 5.97. The number of hydrogen-bond acceptors (Lipinski definition) is 6. The largest absolute Gasteiger partial charge is 0.486 e. The third kappa shape index (κ3) is 2.71. The van der Waals surface area contributed by atoms with Crippen molar-refractivity contribution in [3.63, 3.8) is 0 Å². The fourth-order valence-corrected chi connectivity index (χ4v) is 3.05. The minimum Gasteiger partial charge on any atom is -0.486 e. The van der Waals surface area contributed by atoms with E-state index in [0.29, 0.717) is 49.3 Å². The van der Waals surface area contributed by atoms with Crippen molar-refractivity contribution < 1.29 is 18.7 Å². The fourth-order valence-electron chi connectivity index (χ4n) is 3.05. The lowest BCUT2D eigenvalue weighted by atomic mass is 10.1. The molecule has 7 nitrogen and oxygen atoms in total. The molecule has 1 saturated heterocycles. The first kappa shape index (κ1) is 15.0. The molecule has 0 spiro atoms. The first-order chi connectivity index (χ1) is 11.7. The molecule has 0 saturated carbocycles. The SMILES string of the molecule is C[C@@H]1CN(C(=O)c2ncoc2-c2ccc3c(c2)OCCO3)CCN1. The van der Waals surface area contributed by atoms with Gasteiger partial charge in [-0.25, -0.2) is 4.98 Å². The number of aromatic nitrogens is 1. The van der Waals surface area contributed by atoms with Gasteiger partial charge in [0.25, 0.3) is 5.91 Å².